The number of sulfone groups is 1. The summed E-state index contributed by atoms with van der Waals surface area (Å²) in [6, 6.07) is 5.40. The smallest absolute Gasteiger partial charge is 0.259 e. The van der Waals surface area contributed by atoms with Gasteiger partial charge in [-0.2, -0.15) is 0 Å². The van der Waals surface area contributed by atoms with Gasteiger partial charge in [-0.1, -0.05) is 6.42 Å². The lowest BCUT2D eigenvalue weighted by Gasteiger charge is -2.26. The van der Waals surface area contributed by atoms with E-state index in [1.54, 1.807) is 18.3 Å². The van der Waals surface area contributed by atoms with Gasteiger partial charge >= 0.3 is 0 Å². The lowest BCUT2D eigenvalue weighted by atomic mass is 10.00. The summed E-state index contributed by atoms with van der Waals surface area (Å²) >= 11 is 0. The molecule has 10 nitrogen and oxygen atoms in total. The Morgan fingerprint density at radius 2 is 1.92 bits per heavy atom. The van der Waals surface area contributed by atoms with Gasteiger partial charge in [0, 0.05) is 30.4 Å². The van der Waals surface area contributed by atoms with E-state index in [1.807, 2.05) is 11.0 Å². The molecule has 0 saturated heterocycles. The Balaban J connectivity index is 1.35. The van der Waals surface area contributed by atoms with Gasteiger partial charge in [0.15, 0.2) is 21.3 Å². The third-order valence-electron chi connectivity index (χ3n) is 8.54. The molecule has 38 heavy (non-hydrogen) atoms. The number of anilines is 1. The van der Waals surface area contributed by atoms with Crippen LogP contribution in [-0.4, -0.2) is 57.1 Å². The minimum Gasteiger partial charge on any atom is -0.381 e. The summed E-state index contributed by atoms with van der Waals surface area (Å²) in [5.41, 5.74) is 8.70. The van der Waals surface area contributed by atoms with Gasteiger partial charge in [0.1, 0.15) is 5.56 Å². The maximum absolute atomic E-state index is 13.7. The first-order valence-corrected chi connectivity index (χ1v) is 14.9. The molecule has 0 spiro atoms. The normalized spacial score (nSPS) is 20.4. The van der Waals surface area contributed by atoms with Crippen molar-refractivity contribution in [2.75, 3.05) is 5.73 Å². The number of carbonyl (C=O) groups is 2. The largest absolute Gasteiger partial charge is 0.381 e. The number of benzene rings is 1. The molecule has 1 aliphatic heterocycles. The fourth-order valence-electron chi connectivity index (χ4n) is 5.64. The second-order valence-corrected chi connectivity index (χ2v) is 13.4. The van der Waals surface area contributed by atoms with Crippen LogP contribution in [0.5, 0.6) is 0 Å². The summed E-state index contributed by atoms with van der Waals surface area (Å²) < 4.78 is 28.9. The second-order valence-electron chi connectivity index (χ2n) is 11.2. The van der Waals surface area contributed by atoms with Gasteiger partial charge in [0.2, 0.25) is 0 Å². The average Bonchev–Trinajstić information content (AvgIpc) is 3.77. The van der Waals surface area contributed by atoms with Crippen LogP contribution in [0.3, 0.4) is 0 Å². The third-order valence-corrected chi connectivity index (χ3v) is 10.8. The van der Waals surface area contributed by atoms with Crippen LogP contribution in [0.4, 0.5) is 5.82 Å². The zero-order valence-corrected chi connectivity index (χ0v) is 22.0. The first-order valence-electron chi connectivity index (χ1n) is 13.4. The van der Waals surface area contributed by atoms with Gasteiger partial charge in [-0.25, -0.2) is 17.9 Å². The molecule has 0 radical (unpaired) electrons. The summed E-state index contributed by atoms with van der Waals surface area (Å²) in [6.45, 7) is 2.43. The number of carbonyl (C=O) groups excluding carboxylic acids is 2. The Labute approximate surface area is 220 Å². The quantitative estimate of drug-likeness (QED) is 0.475. The fraction of sp³-hybridized carbons (Fsp3) is 0.481. The Morgan fingerprint density at radius 1 is 1.16 bits per heavy atom. The molecule has 3 fully saturated rings. The number of nitrogens with zero attached hydrogens (tertiary/aromatic N) is 4. The lowest BCUT2D eigenvalue weighted by Crippen LogP contribution is -2.35. The molecule has 3 aliphatic carbocycles. The minimum atomic E-state index is -3.69. The van der Waals surface area contributed by atoms with Crippen molar-refractivity contribution in [3.63, 3.8) is 0 Å². The van der Waals surface area contributed by atoms with E-state index in [-0.39, 0.29) is 40.2 Å². The number of nitrogens with one attached hydrogen (secondary N) is 1. The third kappa shape index (κ3) is 3.70. The number of amides is 2. The highest BCUT2D eigenvalue weighted by Crippen LogP contribution is 2.42. The van der Waals surface area contributed by atoms with Crippen molar-refractivity contribution in [2.24, 2.45) is 5.92 Å². The molecule has 1 aromatic carbocycles. The van der Waals surface area contributed by atoms with Crippen LogP contribution in [0.25, 0.3) is 16.9 Å². The van der Waals surface area contributed by atoms with E-state index in [9.17, 15) is 18.0 Å². The highest BCUT2D eigenvalue weighted by atomic mass is 32.2. The van der Waals surface area contributed by atoms with Crippen LogP contribution < -0.4 is 11.1 Å². The lowest BCUT2D eigenvalue weighted by molar-refractivity contribution is 0.0694. The Hall–Kier alpha value is -3.47. The highest BCUT2D eigenvalue weighted by molar-refractivity contribution is 7.92. The van der Waals surface area contributed by atoms with Gasteiger partial charge < -0.3 is 16.0 Å². The maximum atomic E-state index is 13.7. The van der Waals surface area contributed by atoms with Gasteiger partial charge in [0.25, 0.3) is 11.8 Å². The van der Waals surface area contributed by atoms with E-state index in [1.165, 1.54) is 4.52 Å². The fourth-order valence-corrected chi connectivity index (χ4v) is 7.75. The highest BCUT2D eigenvalue weighted by Gasteiger charge is 2.43. The summed E-state index contributed by atoms with van der Waals surface area (Å²) in [7, 11) is -3.69. The first-order chi connectivity index (χ1) is 18.2. The molecule has 3 saturated carbocycles. The summed E-state index contributed by atoms with van der Waals surface area (Å²) in [6.07, 6.45) is 7.81. The van der Waals surface area contributed by atoms with Crippen molar-refractivity contribution in [3.05, 3.63) is 41.1 Å². The van der Waals surface area contributed by atoms with E-state index in [0.29, 0.717) is 53.3 Å². The molecule has 3 N–H and O–H groups in total. The molecule has 0 unspecified atom stereocenters. The molecule has 4 aliphatic rings. The minimum absolute atomic E-state index is 0.0642. The molecule has 3 aromatic rings. The Morgan fingerprint density at radius 3 is 2.58 bits per heavy atom. The van der Waals surface area contributed by atoms with E-state index in [0.717, 1.165) is 32.1 Å². The molecular formula is C27H30N6O4S. The summed E-state index contributed by atoms with van der Waals surface area (Å²) in [5, 5.41) is 6.71. The second kappa shape index (κ2) is 8.26. The number of fused-ring (bicyclic) bond motifs is 2. The number of nitrogen functional groups attached to an aromatic ring is 1. The van der Waals surface area contributed by atoms with Gasteiger partial charge in [-0.05, 0) is 75.1 Å². The standard InChI is InChI=1S/C27H30N6O4S/c1-14(15-5-6-15)32-13-17-11-16(12-21(22(17)27(32)35)38(36,37)19-3-2-4-19)20-9-10-33-25(30-20)23(24(28)31-33)26(34)29-18-7-8-18/h9-12,14-15,18-19H,2-8,13H2,1H3,(H2,28,31)(H,29,34)/t14-/m0/s1. The molecule has 11 heteroatoms. The molecular weight excluding hydrogens is 504 g/mol. The summed E-state index contributed by atoms with van der Waals surface area (Å²) in [4.78, 5) is 33.1. The van der Waals surface area contributed by atoms with Crippen molar-refractivity contribution in [2.45, 2.75) is 80.6 Å². The van der Waals surface area contributed by atoms with Crippen LogP contribution in [-0.2, 0) is 16.4 Å². The topological polar surface area (TPSA) is 140 Å². The molecule has 2 aromatic heterocycles. The Bertz CT molecular complexity index is 1620. The first kappa shape index (κ1) is 23.6. The van der Waals surface area contributed by atoms with Crippen LogP contribution >= 0.6 is 0 Å². The summed E-state index contributed by atoms with van der Waals surface area (Å²) in [5.74, 6) is 0.0401. The SMILES string of the molecule is C[C@@H](C1CC1)N1Cc2cc(-c3ccn4nc(N)c(C(=O)NC5CC5)c4n3)cc(S(=O)(=O)C3CCC3)c2C1=O. The predicted molar refractivity (Wildman–Crippen MR) is 140 cm³/mol. The average molecular weight is 535 g/mol. The number of nitrogens with two attached hydrogens (primary N) is 1. The molecule has 3 heterocycles. The Kier molecular flexibility index (Phi) is 5.14. The van der Waals surface area contributed by atoms with Crippen molar-refractivity contribution >= 4 is 33.1 Å². The molecule has 2 amide bonds. The zero-order valence-electron chi connectivity index (χ0n) is 21.2. The van der Waals surface area contributed by atoms with Crippen molar-refractivity contribution < 1.29 is 18.0 Å². The van der Waals surface area contributed by atoms with Crippen molar-refractivity contribution in [1.82, 2.24) is 24.8 Å². The maximum Gasteiger partial charge on any atom is 0.259 e. The van der Waals surface area contributed by atoms with Gasteiger partial charge in [-0.3, -0.25) is 9.59 Å². The van der Waals surface area contributed by atoms with E-state index >= 15 is 0 Å². The number of hydrogen-bond donors (Lipinski definition) is 2. The molecule has 198 valence electrons. The monoisotopic (exact) mass is 534 g/mol. The molecule has 7 rings (SSSR count). The molecule has 1 atom stereocenters. The van der Waals surface area contributed by atoms with Gasteiger partial charge in [-0.15, -0.1) is 5.10 Å². The van der Waals surface area contributed by atoms with Crippen LogP contribution in [0.15, 0.2) is 29.3 Å². The van der Waals surface area contributed by atoms with E-state index in [2.05, 4.69) is 17.3 Å². The van der Waals surface area contributed by atoms with Crippen molar-refractivity contribution in [3.8, 4) is 11.3 Å². The van der Waals surface area contributed by atoms with Gasteiger partial charge in [0.05, 0.1) is 21.4 Å². The van der Waals surface area contributed by atoms with Crippen molar-refractivity contribution in [1.29, 1.82) is 0 Å². The van der Waals surface area contributed by atoms with E-state index in [4.69, 9.17) is 10.7 Å². The number of rotatable bonds is 7. The van der Waals surface area contributed by atoms with Crippen LogP contribution in [0.2, 0.25) is 0 Å². The van der Waals surface area contributed by atoms with Crippen LogP contribution in [0, 0.1) is 5.92 Å². The number of aromatic nitrogens is 3. The molecule has 0 bridgehead atoms. The van der Waals surface area contributed by atoms with Crippen LogP contribution in [0.1, 0.15) is 78.1 Å². The zero-order chi connectivity index (χ0) is 26.3. The van der Waals surface area contributed by atoms with E-state index < -0.39 is 15.1 Å². The number of hydrogen-bond acceptors (Lipinski definition) is 7. The predicted octanol–water partition coefficient (Wildman–Crippen LogP) is 2.95.